The molecule has 5 nitrogen and oxygen atoms in total. The third kappa shape index (κ3) is 3.94. The Hall–Kier alpha value is -2.24. The Kier molecular flexibility index (Phi) is 5.69. The predicted octanol–water partition coefficient (Wildman–Crippen LogP) is 4.10. The highest BCUT2D eigenvalue weighted by Gasteiger charge is 2.32. The molecule has 0 spiro atoms. The topological polar surface area (TPSA) is 72.6 Å². The smallest absolute Gasteiger partial charge is 0.341 e. The minimum Gasteiger partial charge on any atom is -0.444 e. The van der Waals surface area contributed by atoms with Crippen molar-refractivity contribution in [2.45, 2.75) is 18.9 Å². The van der Waals surface area contributed by atoms with Crippen LogP contribution >= 0.6 is 23.2 Å². The van der Waals surface area contributed by atoms with Gasteiger partial charge in [0.2, 0.25) is 6.10 Å². The molecule has 0 unspecified atom stereocenters. The van der Waals surface area contributed by atoms with Gasteiger partial charge < -0.3 is 15.4 Å². The second kappa shape index (κ2) is 7.98. The van der Waals surface area contributed by atoms with Gasteiger partial charge in [-0.05, 0) is 25.0 Å². The Balaban J connectivity index is 1.90. The molecular weight excluding hydrogens is 375 g/mol. The summed E-state index contributed by atoms with van der Waals surface area (Å²) in [7, 11) is 0. The van der Waals surface area contributed by atoms with Crippen LogP contribution in [0.15, 0.2) is 42.5 Å². The minimum absolute atomic E-state index is 0.0395. The van der Waals surface area contributed by atoms with Crippen LogP contribution in [0.2, 0.25) is 10.0 Å². The summed E-state index contributed by atoms with van der Waals surface area (Å²) in [6, 6.07) is 11.7. The molecule has 1 amide bonds. The highest BCUT2D eigenvalue weighted by molar-refractivity contribution is 6.37. The maximum atomic E-state index is 12.9. The number of rotatable bonds is 4. The van der Waals surface area contributed by atoms with Crippen molar-refractivity contribution in [2.24, 2.45) is 0 Å². The summed E-state index contributed by atoms with van der Waals surface area (Å²) >= 11 is 12.0. The van der Waals surface area contributed by atoms with Crippen molar-refractivity contribution < 1.29 is 14.3 Å². The summed E-state index contributed by atoms with van der Waals surface area (Å²) in [5.41, 5.74) is 6.59. The van der Waals surface area contributed by atoms with E-state index in [1.165, 1.54) is 12.1 Å². The van der Waals surface area contributed by atoms with Gasteiger partial charge in [-0.3, -0.25) is 4.79 Å². The van der Waals surface area contributed by atoms with Crippen molar-refractivity contribution in [3.05, 3.63) is 63.6 Å². The molecule has 3 rings (SSSR count). The summed E-state index contributed by atoms with van der Waals surface area (Å²) in [6.07, 6.45) is 0.842. The molecule has 2 N–H and O–H groups in total. The Bertz CT molecular complexity index is 821. The fraction of sp³-hybridized carbons (Fsp3) is 0.263. The number of halogens is 2. The number of amides is 1. The first-order valence-electron chi connectivity index (χ1n) is 8.26. The lowest BCUT2D eigenvalue weighted by molar-refractivity contribution is -0.140. The van der Waals surface area contributed by atoms with Gasteiger partial charge >= 0.3 is 5.97 Å². The van der Waals surface area contributed by atoms with Crippen LogP contribution in [0.25, 0.3) is 0 Å². The van der Waals surface area contributed by atoms with E-state index in [9.17, 15) is 9.59 Å². The zero-order valence-corrected chi connectivity index (χ0v) is 15.5. The van der Waals surface area contributed by atoms with Crippen molar-refractivity contribution in [1.82, 2.24) is 4.90 Å². The lowest BCUT2D eigenvalue weighted by Crippen LogP contribution is -2.35. The highest BCUT2D eigenvalue weighted by atomic mass is 35.5. The number of ether oxygens (including phenoxy) is 1. The van der Waals surface area contributed by atoms with E-state index in [-0.39, 0.29) is 27.2 Å². The van der Waals surface area contributed by atoms with Crippen molar-refractivity contribution in [1.29, 1.82) is 0 Å². The molecule has 2 aromatic carbocycles. The summed E-state index contributed by atoms with van der Waals surface area (Å²) in [5.74, 6) is -0.984. The minimum atomic E-state index is -1.04. The van der Waals surface area contributed by atoms with Crippen LogP contribution in [0, 0.1) is 0 Å². The molecule has 0 radical (unpaired) electrons. The number of anilines is 1. The van der Waals surface area contributed by atoms with Crippen LogP contribution in [-0.2, 0) is 9.53 Å². The molecule has 0 aromatic heterocycles. The van der Waals surface area contributed by atoms with E-state index in [1.807, 2.05) is 6.07 Å². The number of nitrogens with zero attached hydrogens (tertiary/aromatic N) is 1. The van der Waals surface area contributed by atoms with E-state index in [0.717, 1.165) is 12.8 Å². The number of likely N-dealkylation sites (tertiary alicyclic amines) is 1. The maximum Gasteiger partial charge on any atom is 0.341 e. The average Bonchev–Trinajstić information content (AvgIpc) is 3.17. The van der Waals surface area contributed by atoms with Crippen LogP contribution in [0.5, 0.6) is 0 Å². The molecule has 0 bridgehead atoms. The van der Waals surface area contributed by atoms with Crippen molar-refractivity contribution in [2.75, 3.05) is 18.8 Å². The van der Waals surface area contributed by atoms with Gasteiger partial charge in [-0.2, -0.15) is 0 Å². The number of carbonyl (C=O) groups is 2. The third-order valence-corrected chi connectivity index (χ3v) is 4.81. The molecule has 0 saturated carbocycles. The number of esters is 1. The first-order valence-corrected chi connectivity index (χ1v) is 9.02. The quantitative estimate of drug-likeness (QED) is 0.627. The molecule has 2 aromatic rings. The van der Waals surface area contributed by atoms with E-state index in [0.29, 0.717) is 18.7 Å². The summed E-state index contributed by atoms with van der Waals surface area (Å²) in [5, 5.41) is 0.421. The number of benzene rings is 2. The Labute approximate surface area is 161 Å². The summed E-state index contributed by atoms with van der Waals surface area (Å²) in [4.78, 5) is 27.3. The van der Waals surface area contributed by atoms with Gasteiger partial charge in [-0.1, -0.05) is 53.5 Å². The molecular formula is C19H18Cl2N2O3. The number of nitrogens with two attached hydrogens (primary N) is 1. The molecule has 7 heteroatoms. The van der Waals surface area contributed by atoms with E-state index in [4.69, 9.17) is 33.7 Å². The molecule has 1 atom stereocenters. The Morgan fingerprint density at radius 2 is 1.73 bits per heavy atom. The van der Waals surface area contributed by atoms with Crippen molar-refractivity contribution >= 4 is 40.8 Å². The third-order valence-electron chi connectivity index (χ3n) is 4.28. The fourth-order valence-corrected chi connectivity index (χ4v) is 3.41. The molecule has 26 heavy (non-hydrogen) atoms. The fourth-order valence-electron chi connectivity index (χ4n) is 2.92. The first kappa shape index (κ1) is 18.5. The molecule has 1 aliphatic heterocycles. The van der Waals surface area contributed by atoms with Crippen LogP contribution < -0.4 is 5.73 Å². The number of hydrogen-bond donors (Lipinski definition) is 1. The van der Waals surface area contributed by atoms with Crippen LogP contribution in [0.4, 0.5) is 5.69 Å². The van der Waals surface area contributed by atoms with E-state index >= 15 is 0 Å². The SMILES string of the molecule is Nc1c(Cl)cc(Cl)cc1C(=O)O[C@H](C(=O)N1CCCC1)c1ccccc1. The van der Waals surface area contributed by atoms with Gasteiger partial charge in [-0.25, -0.2) is 4.79 Å². The standard InChI is InChI=1S/C19H18Cl2N2O3/c20-13-10-14(16(22)15(21)11-13)19(25)26-17(12-6-2-1-3-7-12)18(24)23-8-4-5-9-23/h1-3,6-7,10-11,17H,4-5,8-9,22H2/t17-/m0/s1. The second-order valence-corrected chi connectivity index (χ2v) is 6.92. The van der Waals surface area contributed by atoms with Gasteiger partial charge in [0.05, 0.1) is 16.3 Å². The number of hydrogen-bond acceptors (Lipinski definition) is 4. The maximum absolute atomic E-state index is 12.9. The van der Waals surface area contributed by atoms with Gasteiger partial charge in [0.15, 0.2) is 0 Å². The molecule has 1 fully saturated rings. The van der Waals surface area contributed by atoms with E-state index < -0.39 is 12.1 Å². The zero-order valence-electron chi connectivity index (χ0n) is 14.0. The van der Waals surface area contributed by atoms with Crippen LogP contribution in [0.3, 0.4) is 0 Å². The first-order chi connectivity index (χ1) is 12.5. The largest absolute Gasteiger partial charge is 0.444 e. The Morgan fingerprint density at radius 3 is 2.38 bits per heavy atom. The van der Waals surface area contributed by atoms with Crippen LogP contribution in [-0.4, -0.2) is 29.9 Å². The van der Waals surface area contributed by atoms with E-state index in [1.54, 1.807) is 29.2 Å². The van der Waals surface area contributed by atoms with Gasteiger partial charge in [0, 0.05) is 23.7 Å². The molecule has 0 aliphatic carbocycles. The predicted molar refractivity (Wildman–Crippen MR) is 101 cm³/mol. The monoisotopic (exact) mass is 392 g/mol. The van der Waals surface area contributed by atoms with Gasteiger partial charge in [0.1, 0.15) is 0 Å². The zero-order chi connectivity index (χ0) is 18.7. The molecule has 1 heterocycles. The highest BCUT2D eigenvalue weighted by Crippen LogP contribution is 2.30. The lowest BCUT2D eigenvalue weighted by Gasteiger charge is -2.24. The second-order valence-electron chi connectivity index (χ2n) is 6.08. The summed E-state index contributed by atoms with van der Waals surface area (Å²) in [6.45, 7) is 1.32. The number of carbonyl (C=O) groups excluding carboxylic acids is 2. The van der Waals surface area contributed by atoms with Gasteiger partial charge in [0.25, 0.3) is 5.91 Å². The Morgan fingerprint density at radius 1 is 1.08 bits per heavy atom. The molecule has 1 saturated heterocycles. The van der Waals surface area contributed by atoms with Gasteiger partial charge in [-0.15, -0.1) is 0 Å². The normalized spacial score (nSPS) is 14.9. The molecule has 136 valence electrons. The average molecular weight is 393 g/mol. The summed E-state index contributed by atoms with van der Waals surface area (Å²) < 4.78 is 5.56. The van der Waals surface area contributed by atoms with Crippen molar-refractivity contribution in [3.63, 3.8) is 0 Å². The lowest BCUT2D eigenvalue weighted by atomic mass is 10.1. The van der Waals surface area contributed by atoms with E-state index in [2.05, 4.69) is 0 Å². The van der Waals surface area contributed by atoms with Crippen LogP contribution in [0.1, 0.15) is 34.9 Å². The van der Waals surface area contributed by atoms with Crippen molar-refractivity contribution in [3.8, 4) is 0 Å². The number of nitrogen functional groups attached to an aromatic ring is 1. The molecule has 1 aliphatic rings.